The number of hydrogen-bond acceptors (Lipinski definition) is 3. The lowest BCUT2D eigenvalue weighted by molar-refractivity contribution is -0.0825. The van der Waals surface area contributed by atoms with E-state index in [1.54, 1.807) is 0 Å². The van der Waals surface area contributed by atoms with E-state index >= 15 is 0 Å². The van der Waals surface area contributed by atoms with Gasteiger partial charge in [0.2, 0.25) is 0 Å². The fraction of sp³-hybridized carbons (Fsp3) is 0.529. The summed E-state index contributed by atoms with van der Waals surface area (Å²) in [5, 5.41) is 17.7. The molecule has 0 radical (unpaired) electrons. The number of benzene rings is 1. The summed E-state index contributed by atoms with van der Waals surface area (Å²) in [4.78, 5) is 11.9. The van der Waals surface area contributed by atoms with Crippen molar-refractivity contribution in [1.29, 1.82) is 0 Å². The van der Waals surface area contributed by atoms with Crippen molar-refractivity contribution in [3.8, 4) is 0 Å². The van der Waals surface area contributed by atoms with Gasteiger partial charge in [-0.15, -0.1) is 0 Å². The van der Waals surface area contributed by atoms with Crippen molar-refractivity contribution >= 4 is 17.4 Å². The zero-order valence-corrected chi connectivity index (χ0v) is 12.5. The molecule has 4 bridgehead atoms. The van der Waals surface area contributed by atoms with Gasteiger partial charge in [0, 0.05) is 23.2 Å². The number of nitrogens with zero attached hydrogens (tertiary/aromatic N) is 1. The Balaban J connectivity index is 1.42. The third-order valence-electron chi connectivity index (χ3n) is 5.31. The van der Waals surface area contributed by atoms with E-state index in [1.807, 2.05) is 30.3 Å². The lowest BCUT2D eigenvalue weighted by Crippen LogP contribution is -2.55. The third kappa shape index (κ3) is 2.50. The molecule has 1 aromatic carbocycles. The highest BCUT2D eigenvalue weighted by Crippen LogP contribution is 2.54. The summed E-state index contributed by atoms with van der Waals surface area (Å²) in [6.45, 7) is 0. The van der Waals surface area contributed by atoms with Crippen LogP contribution in [0.15, 0.2) is 35.4 Å². The molecule has 0 aliphatic heterocycles. The number of carbonyl (C=O) groups is 1. The molecule has 1 aromatic rings. The zero-order chi connectivity index (χ0) is 15.2. The van der Waals surface area contributed by atoms with Gasteiger partial charge < -0.3 is 10.4 Å². The maximum atomic E-state index is 11.9. The van der Waals surface area contributed by atoms with E-state index in [0.717, 1.165) is 43.5 Å². The van der Waals surface area contributed by atoms with Crippen molar-refractivity contribution in [3.63, 3.8) is 0 Å². The SMILES string of the molecule is O=C(NN=C1C2CC3CC1CC(O)(C3)C2)Nc1ccccc1. The van der Waals surface area contributed by atoms with Crippen LogP contribution < -0.4 is 10.7 Å². The first-order chi connectivity index (χ1) is 10.6. The number of carbonyl (C=O) groups excluding carboxylic acids is 1. The van der Waals surface area contributed by atoms with Gasteiger partial charge in [-0.3, -0.25) is 0 Å². The molecule has 116 valence electrons. The van der Waals surface area contributed by atoms with Crippen LogP contribution in [0.2, 0.25) is 0 Å². The highest BCUT2D eigenvalue weighted by molar-refractivity contribution is 5.94. The van der Waals surface area contributed by atoms with Crippen molar-refractivity contribution in [2.75, 3.05) is 5.32 Å². The van der Waals surface area contributed by atoms with Gasteiger partial charge >= 0.3 is 6.03 Å². The van der Waals surface area contributed by atoms with E-state index in [2.05, 4.69) is 15.8 Å². The zero-order valence-electron chi connectivity index (χ0n) is 12.5. The van der Waals surface area contributed by atoms with Crippen molar-refractivity contribution in [2.24, 2.45) is 22.9 Å². The van der Waals surface area contributed by atoms with Crippen molar-refractivity contribution < 1.29 is 9.90 Å². The topological polar surface area (TPSA) is 73.7 Å². The van der Waals surface area contributed by atoms with Gasteiger partial charge in [-0.25, -0.2) is 10.2 Å². The molecule has 0 spiro atoms. The van der Waals surface area contributed by atoms with E-state index in [9.17, 15) is 9.90 Å². The Bertz CT molecular complexity index is 596. The third-order valence-corrected chi connectivity index (χ3v) is 5.31. The number of amides is 2. The number of nitrogens with one attached hydrogen (secondary N) is 2. The Morgan fingerprint density at radius 2 is 1.82 bits per heavy atom. The summed E-state index contributed by atoms with van der Waals surface area (Å²) in [5.41, 5.74) is 3.99. The lowest BCUT2D eigenvalue weighted by Gasteiger charge is -2.54. The molecule has 2 unspecified atom stereocenters. The van der Waals surface area contributed by atoms with Crippen LogP contribution in [0.5, 0.6) is 0 Å². The fourth-order valence-electron chi connectivity index (χ4n) is 4.70. The number of hydrogen-bond donors (Lipinski definition) is 3. The molecule has 0 aromatic heterocycles. The number of urea groups is 1. The number of anilines is 1. The maximum absolute atomic E-state index is 11.9. The number of hydrazone groups is 1. The summed E-state index contributed by atoms with van der Waals surface area (Å²) in [6.07, 6.45) is 4.79. The van der Waals surface area contributed by atoms with Crippen LogP contribution in [-0.2, 0) is 0 Å². The molecule has 5 heteroatoms. The second-order valence-corrected chi connectivity index (χ2v) is 7.04. The second-order valence-electron chi connectivity index (χ2n) is 7.04. The summed E-state index contributed by atoms with van der Waals surface area (Å²) in [5.74, 6) is 1.32. The van der Waals surface area contributed by atoms with E-state index < -0.39 is 5.60 Å². The fourth-order valence-corrected chi connectivity index (χ4v) is 4.70. The van der Waals surface area contributed by atoms with Crippen LogP contribution in [0.3, 0.4) is 0 Å². The highest BCUT2D eigenvalue weighted by Gasteiger charge is 2.53. The Hall–Kier alpha value is -1.88. The predicted octanol–water partition coefficient (Wildman–Crippen LogP) is 2.74. The normalized spacial score (nSPS) is 35.3. The van der Waals surface area contributed by atoms with Gasteiger partial charge in [0.25, 0.3) is 0 Å². The lowest BCUT2D eigenvalue weighted by atomic mass is 9.53. The van der Waals surface area contributed by atoms with E-state index in [-0.39, 0.29) is 6.03 Å². The molecule has 4 aliphatic rings. The first-order valence-corrected chi connectivity index (χ1v) is 8.03. The second kappa shape index (κ2) is 5.09. The molecule has 5 rings (SSSR count). The van der Waals surface area contributed by atoms with Gasteiger partial charge in [0.05, 0.1) is 5.60 Å². The average Bonchev–Trinajstić information content (AvgIpc) is 2.45. The quantitative estimate of drug-likeness (QED) is 0.735. The average molecular weight is 299 g/mol. The molecule has 4 saturated carbocycles. The Morgan fingerprint density at radius 3 is 2.45 bits per heavy atom. The van der Waals surface area contributed by atoms with E-state index in [0.29, 0.717) is 17.8 Å². The molecule has 4 fully saturated rings. The van der Waals surface area contributed by atoms with Crippen LogP contribution in [0, 0.1) is 17.8 Å². The number of para-hydroxylation sites is 1. The minimum atomic E-state index is -0.470. The molecule has 2 atom stereocenters. The van der Waals surface area contributed by atoms with Crippen molar-refractivity contribution in [3.05, 3.63) is 30.3 Å². The summed E-state index contributed by atoms with van der Waals surface area (Å²) in [6, 6.07) is 9.02. The standard InChI is InChI=1S/C17H21N3O2/c21-16(18-14-4-2-1-3-5-14)20-19-15-12-6-11-7-13(15)10-17(22,8-11)9-12/h1-5,11-13,22H,6-10H2,(H2,18,20,21). The molecule has 3 N–H and O–H groups in total. The highest BCUT2D eigenvalue weighted by atomic mass is 16.3. The minimum Gasteiger partial charge on any atom is -0.390 e. The summed E-state index contributed by atoms with van der Waals surface area (Å²) >= 11 is 0. The van der Waals surface area contributed by atoms with E-state index in [4.69, 9.17) is 0 Å². The van der Waals surface area contributed by atoms with Crippen LogP contribution in [0.25, 0.3) is 0 Å². The van der Waals surface area contributed by atoms with Crippen LogP contribution in [0.4, 0.5) is 10.5 Å². The molecular weight excluding hydrogens is 278 g/mol. The van der Waals surface area contributed by atoms with Crippen LogP contribution in [0.1, 0.15) is 32.1 Å². The molecule has 22 heavy (non-hydrogen) atoms. The summed E-state index contributed by atoms with van der Waals surface area (Å²) in [7, 11) is 0. The van der Waals surface area contributed by atoms with Crippen molar-refractivity contribution in [1.82, 2.24) is 5.43 Å². The van der Waals surface area contributed by atoms with Gasteiger partial charge in [0.15, 0.2) is 0 Å². The Kier molecular flexibility index (Phi) is 3.18. The van der Waals surface area contributed by atoms with Gasteiger partial charge in [-0.05, 0) is 50.2 Å². The molecule has 5 nitrogen and oxygen atoms in total. The number of aliphatic hydroxyl groups is 1. The molecule has 4 aliphatic carbocycles. The largest absolute Gasteiger partial charge is 0.390 e. The molecular formula is C17H21N3O2. The predicted molar refractivity (Wildman–Crippen MR) is 84.5 cm³/mol. The molecule has 0 heterocycles. The van der Waals surface area contributed by atoms with Gasteiger partial charge in [-0.2, -0.15) is 5.10 Å². The first kappa shape index (κ1) is 13.8. The molecule has 2 amide bonds. The maximum Gasteiger partial charge on any atom is 0.339 e. The minimum absolute atomic E-state index is 0.314. The van der Waals surface area contributed by atoms with E-state index in [1.165, 1.54) is 0 Å². The molecule has 0 saturated heterocycles. The monoisotopic (exact) mass is 299 g/mol. The Labute approximate surface area is 129 Å². The van der Waals surface area contributed by atoms with Crippen LogP contribution >= 0.6 is 0 Å². The van der Waals surface area contributed by atoms with Gasteiger partial charge in [-0.1, -0.05) is 18.2 Å². The van der Waals surface area contributed by atoms with Gasteiger partial charge in [0.1, 0.15) is 0 Å². The summed E-state index contributed by atoms with van der Waals surface area (Å²) < 4.78 is 0. The first-order valence-electron chi connectivity index (χ1n) is 8.03. The number of rotatable bonds is 2. The van der Waals surface area contributed by atoms with Crippen molar-refractivity contribution in [2.45, 2.75) is 37.7 Å². The Morgan fingerprint density at radius 1 is 1.14 bits per heavy atom. The smallest absolute Gasteiger partial charge is 0.339 e. The van der Waals surface area contributed by atoms with Crippen LogP contribution in [-0.4, -0.2) is 22.5 Å².